The molecule has 1 aromatic carbocycles. The van der Waals surface area contributed by atoms with Gasteiger partial charge < -0.3 is 5.73 Å². The van der Waals surface area contributed by atoms with Crippen LogP contribution < -0.4 is 10.9 Å². The van der Waals surface area contributed by atoms with Crippen LogP contribution in [-0.4, -0.2) is 21.4 Å². The summed E-state index contributed by atoms with van der Waals surface area (Å²) in [6.45, 7) is 1.49. The van der Waals surface area contributed by atoms with Gasteiger partial charge in [0.15, 0.2) is 14.4 Å². The average Bonchev–Trinajstić information content (AvgIpc) is 2.32. The lowest BCUT2D eigenvalue weighted by Gasteiger charge is -2.19. The summed E-state index contributed by atoms with van der Waals surface area (Å²) in [6, 6.07) is 2.04. The van der Waals surface area contributed by atoms with Gasteiger partial charge in [-0.05, 0) is 24.6 Å². The van der Waals surface area contributed by atoms with Crippen LogP contribution in [0, 0.1) is 0 Å². The lowest BCUT2D eigenvalue weighted by atomic mass is 10.2. The largest absolute Gasteiger partial charge is 0.417 e. The molecule has 0 aliphatic carbocycles. The van der Waals surface area contributed by atoms with Gasteiger partial charge in [-0.25, -0.2) is 22.0 Å². The third-order valence-corrected chi connectivity index (χ3v) is 7.28. The highest BCUT2D eigenvalue weighted by atomic mass is 32.3. The quantitative estimate of drug-likeness (QED) is 0.771. The highest BCUT2D eigenvalue weighted by Crippen LogP contribution is 2.37. The van der Waals surface area contributed by atoms with Gasteiger partial charge in [0.2, 0.25) is 10.0 Å². The zero-order valence-electron chi connectivity index (χ0n) is 11.5. The van der Waals surface area contributed by atoms with Crippen molar-refractivity contribution in [2.45, 2.75) is 35.4 Å². The van der Waals surface area contributed by atoms with E-state index in [-0.39, 0.29) is 12.1 Å². The number of anilines is 1. The topological polar surface area (TPSA) is 120 Å². The van der Waals surface area contributed by atoms with Gasteiger partial charge in [0, 0.05) is 5.69 Å². The van der Waals surface area contributed by atoms with Gasteiger partial charge in [0.25, 0.3) is 0 Å². The number of hydrogen-bond acceptors (Lipinski definition) is 5. The molecular formula is C11H15F3N2O4S2. The maximum Gasteiger partial charge on any atom is 0.417 e. The lowest BCUT2D eigenvalue weighted by molar-refractivity contribution is -0.139. The molecule has 0 radical (unpaired) electrons. The molecule has 22 heavy (non-hydrogen) atoms. The number of alkyl halides is 3. The second-order valence-corrected chi connectivity index (χ2v) is 8.75. The Labute approximate surface area is 126 Å². The molecule has 11 heteroatoms. The van der Waals surface area contributed by atoms with Gasteiger partial charge in [-0.1, -0.05) is 13.3 Å². The molecule has 0 heterocycles. The molecule has 0 bridgehead atoms. The molecule has 0 fully saturated rings. The summed E-state index contributed by atoms with van der Waals surface area (Å²) in [7, 11) is -9.43. The predicted octanol–water partition coefficient (Wildman–Crippen LogP) is 1.48. The minimum absolute atomic E-state index is 0.108. The van der Waals surface area contributed by atoms with Crippen LogP contribution in [0.2, 0.25) is 0 Å². The first kappa shape index (κ1) is 18.7. The Bertz CT molecular complexity index is 758. The van der Waals surface area contributed by atoms with Crippen LogP contribution in [0.25, 0.3) is 0 Å². The van der Waals surface area contributed by atoms with Gasteiger partial charge in [-0.3, -0.25) is 0 Å². The minimum Gasteiger partial charge on any atom is -0.399 e. The molecule has 4 N–H and O–H groups in total. The molecule has 0 aliphatic heterocycles. The van der Waals surface area contributed by atoms with Crippen molar-refractivity contribution in [3.63, 3.8) is 0 Å². The second-order valence-electron chi connectivity index (χ2n) is 4.61. The van der Waals surface area contributed by atoms with Crippen LogP contribution >= 0.6 is 0 Å². The standard InChI is InChI=1S/C11H15F3N2O4S2/c1-2-3-10(22(16,19)20)21(17,18)9-5-4-7(15)6-8(9)11(12,13)14/h4-6,10H,2-3,15H2,1H3,(H2,16,19,20). The van der Waals surface area contributed by atoms with Crippen molar-refractivity contribution in [1.82, 2.24) is 0 Å². The van der Waals surface area contributed by atoms with Crippen molar-refractivity contribution in [2.75, 3.05) is 5.73 Å². The second kappa shape index (κ2) is 6.05. The van der Waals surface area contributed by atoms with E-state index in [0.29, 0.717) is 12.1 Å². The van der Waals surface area contributed by atoms with E-state index in [4.69, 9.17) is 10.9 Å². The Morgan fingerprint density at radius 3 is 2.14 bits per heavy atom. The predicted molar refractivity (Wildman–Crippen MR) is 74.8 cm³/mol. The smallest absolute Gasteiger partial charge is 0.399 e. The molecule has 126 valence electrons. The first-order valence-corrected chi connectivity index (χ1v) is 9.19. The number of sulfonamides is 1. The molecule has 1 aromatic rings. The Kier molecular flexibility index (Phi) is 5.15. The molecule has 0 spiro atoms. The molecule has 1 unspecified atom stereocenters. The summed E-state index contributed by atoms with van der Waals surface area (Å²) in [5, 5.41) is 4.87. The van der Waals surface area contributed by atoms with Crippen LogP contribution in [0.1, 0.15) is 25.3 Å². The Hall–Kier alpha value is -1.33. The Morgan fingerprint density at radius 1 is 1.18 bits per heavy atom. The van der Waals surface area contributed by atoms with Crippen LogP contribution in [0.4, 0.5) is 18.9 Å². The van der Waals surface area contributed by atoms with E-state index in [9.17, 15) is 30.0 Å². The van der Waals surface area contributed by atoms with Gasteiger partial charge in [0.05, 0.1) is 10.5 Å². The van der Waals surface area contributed by atoms with E-state index in [1.54, 1.807) is 0 Å². The number of primary sulfonamides is 1. The molecule has 0 saturated carbocycles. The van der Waals surface area contributed by atoms with E-state index in [2.05, 4.69) is 0 Å². The summed E-state index contributed by atoms with van der Waals surface area (Å²) in [4.78, 5) is -1.15. The van der Waals surface area contributed by atoms with Crippen LogP contribution in [-0.2, 0) is 26.0 Å². The Balaban J connectivity index is 3.65. The van der Waals surface area contributed by atoms with Crippen molar-refractivity contribution in [2.24, 2.45) is 5.14 Å². The summed E-state index contributed by atoms with van der Waals surface area (Å²) < 4.78 is 84.5. The number of nitrogens with two attached hydrogens (primary N) is 2. The zero-order chi connectivity index (χ0) is 17.3. The molecule has 0 aliphatic rings. The van der Waals surface area contributed by atoms with Gasteiger partial charge in [-0.2, -0.15) is 13.2 Å². The lowest BCUT2D eigenvalue weighted by Crippen LogP contribution is -2.36. The van der Waals surface area contributed by atoms with Crippen LogP contribution in [0.5, 0.6) is 0 Å². The summed E-state index contributed by atoms with van der Waals surface area (Å²) >= 11 is 0. The summed E-state index contributed by atoms with van der Waals surface area (Å²) in [6.07, 6.45) is -5.31. The number of rotatable bonds is 5. The van der Waals surface area contributed by atoms with Crippen LogP contribution in [0.3, 0.4) is 0 Å². The van der Waals surface area contributed by atoms with Crippen molar-refractivity contribution in [3.8, 4) is 0 Å². The fourth-order valence-corrected chi connectivity index (χ4v) is 5.75. The highest BCUT2D eigenvalue weighted by Gasteiger charge is 2.43. The van der Waals surface area contributed by atoms with Crippen molar-refractivity contribution in [1.29, 1.82) is 0 Å². The number of nitrogen functional groups attached to an aromatic ring is 1. The third kappa shape index (κ3) is 3.90. The van der Waals surface area contributed by atoms with Crippen molar-refractivity contribution in [3.05, 3.63) is 23.8 Å². The summed E-state index contributed by atoms with van der Waals surface area (Å²) in [5.41, 5.74) is 3.44. The number of sulfone groups is 1. The molecular weight excluding hydrogens is 345 g/mol. The monoisotopic (exact) mass is 360 g/mol. The fraction of sp³-hybridized carbons (Fsp3) is 0.455. The number of halogens is 3. The molecule has 1 atom stereocenters. The van der Waals surface area contributed by atoms with Gasteiger partial charge >= 0.3 is 6.18 Å². The SMILES string of the molecule is CCCC(S(N)(=O)=O)S(=O)(=O)c1ccc(N)cc1C(F)(F)F. The average molecular weight is 360 g/mol. The zero-order valence-corrected chi connectivity index (χ0v) is 13.1. The highest BCUT2D eigenvalue weighted by molar-refractivity contribution is 8.08. The van der Waals surface area contributed by atoms with Gasteiger partial charge in [-0.15, -0.1) is 0 Å². The first-order valence-electron chi connectivity index (χ1n) is 6.04. The molecule has 0 amide bonds. The molecule has 0 saturated heterocycles. The van der Waals surface area contributed by atoms with E-state index >= 15 is 0 Å². The number of hydrogen-bond donors (Lipinski definition) is 2. The Morgan fingerprint density at radius 2 is 1.73 bits per heavy atom. The normalized spacial score (nSPS) is 14.8. The fourth-order valence-electron chi connectivity index (χ4n) is 1.89. The maximum atomic E-state index is 13.0. The van der Waals surface area contributed by atoms with E-state index in [0.717, 1.165) is 6.07 Å². The van der Waals surface area contributed by atoms with Crippen molar-refractivity contribution >= 4 is 25.5 Å². The minimum atomic E-state index is -5.01. The number of benzene rings is 1. The van der Waals surface area contributed by atoms with Gasteiger partial charge in [0.1, 0.15) is 0 Å². The summed E-state index contributed by atoms with van der Waals surface area (Å²) in [5.74, 6) is 0. The van der Waals surface area contributed by atoms with E-state index in [1.807, 2.05) is 0 Å². The van der Waals surface area contributed by atoms with E-state index in [1.165, 1.54) is 6.92 Å². The third-order valence-electron chi connectivity index (χ3n) is 2.85. The van der Waals surface area contributed by atoms with E-state index < -0.39 is 47.5 Å². The maximum absolute atomic E-state index is 13.0. The van der Waals surface area contributed by atoms with Crippen molar-refractivity contribution < 1.29 is 30.0 Å². The molecule has 1 rings (SSSR count). The first-order chi connectivity index (χ1) is 9.81. The molecule has 0 aromatic heterocycles. The van der Waals surface area contributed by atoms with Crippen LogP contribution in [0.15, 0.2) is 23.1 Å². The molecule has 6 nitrogen and oxygen atoms in total.